The van der Waals surface area contributed by atoms with Crippen LogP contribution in [0.5, 0.6) is 5.88 Å². The van der Waals surface area contributed by atoms with Crippen molar-refractivity contribution in [1.29, 1.82) is 0 Å². The summed E-state index contributed by atoms with van der Waals surface area (Å²) >= 11 is 0. The second-order valence-electron chi connectivity index (χ2n) is 7.86. The number of nitrogens with one attached hydrogen (secondary N) is 1. The molecule has 2 aromatic heterocycles. The minimum Gasteiger partial charge on any atom is -0.481 e. The lowest BCUT2D eigenvalue weighted by molar-refractivity contribution is 0.0174. The van der Waals surface area contributed by atoms with Gasteiger partial charge in [0.1, 0.15) is 6.33 Å². The van der Waals surface area contributed by atoms with E-state index >= 15 is 4.39 Å². The summed E-state index contributed by atoms with van der Waals surface area (Å²) in [4.78, 5) is 14.2. The Morgan fingerprint density at radius 2 is 1.84 bits per heavy atom. The molecule has 1 fully saturated rings. The van der Waals surface area contributed by atoms with E-state index in [-0.39, 0.29) is 23.2 Å². The number of methoxy groups -OCH3 is 1. The minimum atomic E-state index is -2.90. The molecule has 32 heavy (non-hydrogen) atoms. The third-order valence-corrected chi connectivity index (χ3v) is 5.31. The van der Waals surface area contributed by atoms with E-state index in [0.717, 1.165) is 30.9 Å². The Labute approximate surface area is 184 Å². The van der Waals surface area contributed by atoms with Gasteiger partial charge in [-0.05, 0) is 30.0 Å². The van der Waals surface area contributed by atoms with Crippen LogP contribution in [0.4, 0.5) is 24.8 Å². The Morgan fingerprint density at radius 3 is 2.50 bits per heavy atom. The highest BCUT2D eigenvalue weighted by Crippen LogP contribution is 2.35. The first-order valence-electron chi connectivity index (χ1n) is 10.3. The summed E-state index contributed by atoms with van der Waals surface area (Å²) < 4.78 is 47.4. The highest BCUT2D eigenvalue weighted by Gasteiger charge is 2.33. The number of halogens is 3. The number of ether oxygens (including phenoxy) is 1. The van der Waals surface area contributed by atoms with Gasteiger partial charge in [0.2, 0.25) is 11.7 Å². The van der Waals surface area contributed by atoms with Crippen LogP contribution in [-0.4, -0.2) is 28.1 Å². The number of anilines is 2. The molecule has 9 heteroatoms. The van der Waals surface area contributed by atoms with Crippen LogP contribution in [0.2, 0.25) is 0 Å². The third-order valence-electron chi connectivity index (χ3n) is 5.31. The van der Waals surface area contributed by atoms with E-state index < -0.39 is 11.7 Å². The average Bonchev–Trinajstić information content (AvgIpc) is 3.62. The average molecular weight is 443 g/mol. The summed E-state index contributed by atoms with van der Waals surface area (Å²) in [6.45, 7) is 1.57. The van der Waals surface area contributed by atoms with E-state index in [1.807, 2.05) is 4.90 Å². The highest BCUT2D eigenvalue weighted by molar-refractivity contribution is 5.53. The van der Waals surface area contributed by atoms with Gasteiger partial charge < -0.3 is 15.0 Å². The van der Waals surface area contributed by atoms with E-state index in [2.05, 4.69) is 20.3 Å². The summed E-state index contributed by atoms with van der Waals surface area (Å²) in [5.74, 6) is -2.68. The zero-order valence-electron chi connectivity index (χ0n) is 17.9. The molecule has 3 aromatic rings. The SMILES string of the molecule is COc1cc(CNc2ncnc(N(Cc3ccc(C(C)(F)F)cc3)C3CC3)c2F)ccn1. The highest BCUT2D eigenvalue weighted by atomic mass is 19.3. The lowest BCUT2D eigenvalue weighted by atomic mass is 10.1. The minimum absolute atomic E-state index is 0.0494. The van der Waals surface area contributed by atoms with Crippen LogP contribution < -0.4 is 15.0 Å². The number of rotatable bonds is 9. The van der Waals surface area contributed by atoms with E-state index in [4.69, 9.17) is 4.74 Å². The molecule has 0 aliphatic heterocycles. The van der Waals surface area contributed by atoms with E-state index in [1.165, 1.54) is 25.6 Å². The molecule has 0 amide bonds. The van der Waals surface area contributed by atoms with Crippen molar-refractivity contribution in [2.45, 2.75) is 44.8 Å². The van der Waals surface area contributed by atoms with Gasteiger partial charge in [0, 0.05) is 43.9 Å². The molecule has 1 aromatic carbocycles. The molecule has 1 N–H and O–H groups in total. The van der Waals surface area contributed by atoms with Gasteiger partial charge in [-0.25, -0.2) is 23.7 Å². The van der Waals surface area contributed by atoms with E-state index in [9.17, 15) is 8.78 Å². The van der Waals surface area contributed by atoms with Crippen LogP contribution in [0, 0.1) is 5.82 Å². The summed E-state index contributed by atoms with van der Waals surface area (Å²) in [5, 5.41) is 3.00. The van der Waals surface area contributed by atoms with Gasteiger partial charge in [-0.15, -0.1) is 0 Å². The molecule has 0 saturated heterocycles. The van der Waals surface area contributed by atoms with Gasteiger partial charge >= 0.3 is 0 Å². The molecule has 4 rings (SSSR count). The van der Waals surface area contributed by atoms with Gasteiger partial charge in [-0.3, -0.25) is 0 Å². The van der Waals surface area contributed by atoms with Crippen LogP contribution in [-0.2, 0) is 19.0 Å². The molecule has 0 atom stereocenters. The third kappa shape index (κ3) is 5.09. The van der Waals surface area contributed by atoms with E-state index in [0.29, 0.717) is 19.0 Å². The van der Waals surface area contributed by atoms with Crippen molar-refractivity contribution >= 4 is 11.6 Å². The second kappa shape index (κ2) is 9.02. The van der Waals surface area contributed by atoms with Crippen molar-refractivity contribution in [2.24, 2.45) is 0 Å². The maximum Gasteiger partial charge on any atom is 0.270 e. The van der Waals surface area contributed by atoms with Crippen molar-refractivity contribution in [3.05, 3.63) is 71.4 Å². The van der Waals surface area contributed by atoms with Crippen molar-refractivity contribution in [3.63, 3.8) is 0 Å². The fourth-order valence-corrected chi connectivity index (χ4v) is 3.40. The summed E-state index contributed by atoms with van der Waals surface area (Å²) in [5.41, 5.74) is 1.62. The number of hydrogen-bond acceptors (Lipinski definition) is 6. The van der Waals surface area contributed by atoms with Crippen molar-refractivity contribution in [2.75, 3.05) is 17.3 Å². The zero-order valence-corrected chi connectivity index (χ0v) is 17.9. The normalized spacial score (nSPS) is 13.7. The maximum absolute atomic E-state index is 15.3. The standard InChI is InChI=1S/C23H24F3N5O/c1-23(25,26)17-5-3-15(4-6-17)13-31(18-7-8-18)22-20(24)21(29-14-30-22)28-12-16-9-10-27-19(11-16)32-2/h3-6,9-11,14,18H,7-8,12-13H2,1-2H3,(H,28,29,30). The summed E-state index contributed by atoms with van der Waals surface area (Å²) in [7, 11) is 1.53. The molecule has 168 valence electrons. The lowest BCUT2D eigenvalue weighted by Gasteiger charge is -2.25. The van der Waals surface area contributed by atoms with Gasteiger partial charge in [0.05, 0.1) is 7.11 Å². The molecule has 6 nitrogen and oxygen atoms in total. The molecule has 1 saturated carbocycles. The zero-order chi connectivity index (χ0) is 22.7. The van der Waals surface area contributed by atoms with Crippen LogP contribution in [0.3, 0.4) is 0 Å². The van der Waals surface area contributed by atoms with Gasteiger partial charge in [0.25, 0.3) is 5.92 Å². The first-order valence-corrected chi connectivity index (χ1v) is 10.3. The van der Waals surface area contributed by atoms with Crippen LogP contribution in [0.25, 0.3) is 0 Å². The number of benzene rings is 1. The molecule has 1 aliphatic rings. The first-order chi connectivity index (χ1) is 15.3. The topological polar surface area (TPSA) is 63.2 Å². The first kappa shape index (κ1) is 21.9. The van der Waals surface area contributed by atoms with Crippen molar-refractivity contribution in [1.82, 2.24) is 15.0 Å². The predicted octanol–water partition coefficient (Wildman–Crippen LogP) is 4.91. The Balaban J connectivity index is 1.52. The monoisotopic (exact) mass is 443 g/mol. The second-order valence-corrected chi connectivity index (χ2v) is 7.86. The molecule has 0 bridgehead atoms. The Morgan fingerprint density at radius 1 is 1.09 bits per heavy atom. The summed E-state index contributed by atoms with van der Waals surface area (Å²) in [6.07, 6.45) is 4.79. The number of nitrogens with zero attached hydrogens (tertiary/aromatic N) is 4. The molecule has 1 aliphatic carbocycles. The Bertz CT molecular complexity index is 1070. The van der Waals surface area contributed by atoms with Crippen LogP contribution in [0.1, 0.15) is 36.5 Å². The van der Waals surface area contributed by atoms with Gasteiger partial charge in [-0.1, -0.05) is 24.3 Å². The number of hydrogen-bond donors (Lipinski definition) is 1. The Hall–Kier alpha value is -3.36. The smallest absolute Gasteiger partial charge is 0.270 e. The largest absolute Gasteiger partial charge is 0.481 e. The molecule has 0 unspecified atom stereocenters. The molecular weight excluding hydrogens is 419 g/mol. The van der Waals surface area contributed by atoms with Crippen LogP contribution in [0.15, 0.2) is 48.9 Å². The quantitative estimate of drug-likeness (QED) is 0.507. The predicted molar refractivity (Wildman–Crippen MR) is 115 cm³/mol. The van der Waals surface area contributed by atoms with E-state index in [1.54, 1.807) is 30.5 Å². The molecule has 2 heterocycles. The number of pyridine rings is 1. The maximum atomic E-state index is 15.3. The molecular formula is C23H24F3N5O. The Kier molecular flexibility index (Phi) is 6.16. The molecule has 0 spiro atoms. The van der Waals surface area contributed by atoms with Crippen molar-refractivity contribution in [3.8, 4) is 5.88 Å². The lowest BCUT2D eigenvalue weighted by Crippen LogP contribution is -2.27. The fraction of sp³-hybridized carbons (Fsp3) is 0.348. The summed E-state index contributed by atoms with van der Waals surface area (Å²) in [6, 6.07) is 9.83. The van der Waals surface area contributed by atoms with Gasteiger partial charge in [-0.2, -0.15) is 4.39 Å². The number of aromatic nitrogens is 3. The van der Waals surface area contributed by atoms with Gasteiger partial charge in [0.15, 0.2) is 11.6 Å². The van der Waals surface area contributed by atoms with Crippen molar-refractivity contribution < 1.29 is 17.9 Å². The number of alkyl halides is 2. The molecule has 0 radical (unpaired) electrons. The fourth-order valence-electron chi connectivity index (χ4n) is 3.40. The van der Waals surface area contributed by atoms with Crippen LogP contribution >= 0.6 is 0 Å².